The van der Waals surface area contributed by atoms with Crippen molar-refractivity contribution in [3.63, 3.8) is 0 Å². The SMILES string of the molecule is CCC(CC)C(NC(C)c1ccoc1)c1ccccc1. The van der Waals surface area contributed by atoms with E-state index in [-0.39, 0.29) is 0 Å². The van der Waals surface area contributed by atoms with Crippen LogP contribution in [0.1, 0.15) is 56.8 Å². The van der Waals surface area contributed by atoms with Gasteiger partial charge >= 0.3 is 0 Å². The van der Waals surface area contributed by atoms with Gasteiger partial charge in [-0.1, -0.05) is 57.0 Å². The second-order valence-corrected chi connectivity index (χ2v) is 5.41. The molecule has 2 heteroatoms. The van der Waals surface area contributed by atoms with Gasteiger partial charge in [-0.2, -0.15) is 0 Å². The van der Waals surface area contributed by atoms with Gasteiger partial charge in [0.05, 0.1) is 12.5 Å². The molecule has 0 amide bonds. The Morgan fingerprint density at radius 1 is 1.00 bits per heavy atom. The number of benzene rings is 1. The molecule has 0 aliphatic heterocycles. The fourth-order valence-corrected chi connectivity index (χ4v) is 2.81. The largest absolute Gasteiger partial charge is 0.472 e. The maximum atomic E-state index is 5.20. The lowest BCUT2D eigenvalue weighted by Gasteiger charge is -2.30. The molecule has 2 atom stereocenters. The molecule has 0 aliphatic rings. The van der Waals surface area contributed by atoms with Gasteiger partial charge in [0.25, 0.3) is 0 Å². The van der Waals surface area contributed by atoms with Crippen molar-refractivity contribution >= 4 is 0 Å². The Bertz CT molecular complexity index is 473. The summed E-state index contributed by atoms with van der Waals surface area (Å²) >= 11 is 0. The Balaban J connectivity index is 2.18. The molecular weight excluding hydrogens is 246 g/mol. The van der Waals surface area contributed by atoms with Crippen LogP contribution in [0.5, 0.6) is 0 Å². The highest BCUT2D eigenvalue weighted by Crippen LogP contribution is 2.30. The van der Waals surface area contributed by atoms with Crippen molar-refractivity contribution in [2.24, 2.45) is 5.92 Å². The van der Waals surface area contributed by atoms with Gasteiger partial charge in [0.15, 0.2) is 0 Å². The third kappa shape index (κ3) is 3.51. The predicted molar refractivity (Wildman–Crippen MR) is 83.5 cm³/mol. The lowest BCUT2D eigenvalue weighted by atomic mass is 9.88. The minimum atomic E-state index is 0.291. The van der Waals surface area contributed by atoms with Crippen LogP contribution in [0.25, 0.3) is 0 Å². The molecule has 1 aromatic carbocycles. The van der Waals surface area contributed by atoms with Gasteiger partial charge in [0.2, 0.25) is 0 Å². The molecule has 2 rings (SSSR count). The molecule has 1 heterocycles. The molecule has 1 aromatic heterocycles. The van der Waals surface area contributed by atoms with E-state index in [2.05, 4.69) is 56.4 Å². The second kappa shape index (κ2) is 7.30. The highest BCUT2D eigenvalue weighted by Gasteiger charge is 2.22. The van der Waals surface area contributed by atoms with Crippen molar-refractivity contribution in [3.05, 3.63) is 60.1 Å². The van der Waals surface area contributed by atoms with Crippen LogP contribution in [-0.4, -0.2) is 0 Å². The Labute approximate surface area is 122 Å². The summed E-state index contributed by atoms with van der Waals surface area (Å²) in [6.45, 7) is 6.74. The summed E-state index contributed by atoms with van der Waals surface area (Å²) in [6.07, 6.45) is 5.93. The van der Waals surface area contributed by atoms with E-state index in [1.54, 1.807) is 6.26 Å². The third-order valence-electron chi connectivity index (χ3n) is 4.15. The van der Waals surface area contributed by atoms with Crippen LogP contribution in [0.3, 0.4) is 0 Å². The van der Waals surface area contributed by atoms with Crippen molar-refractivity contribution in [3.8, 4) is 0 Å². The smallest absolute Gasteiger partial charge is 0.0950 e. The molecule has 20 heavy (non-hydrogen) atoms. The number of nitrogens with one attached hydrogen (secondary N) is 1. The first kappa shape index (κ1) is 14.9. The van der Waals surface area contributed by atoms with Crippen LogP contribution in [-0.2, 0) is 0 Å². The number of furan rings is 1. The van der Waals surface area contributed by atoms with Crippen molar-refractivity contribution in [2.75, 3.05) is 0 Å². The van der Waals surface area contributed by atoms with Gasteiger partial charge in [0, 0.05) is 17.6 Å². The highest BCUT2D eigenvalue weighted by atomic mass is 16.3. The van der Waals surface area contributed by atoms with Crippen molar-refractivity contribution in [1.82, 2.24) is 5.32 Å². The van der Waals surface area contributed by atoms with Crippen LogP contribution >= 0.6 is 0 Å². The van der Waals surface area contributed by atoms with Crippen LogP contribution in [0.4, 0.5) is 0 Å². The lowest BCUT2D eigenvalue weighted by molar-refractivity contribution is 0.316. The Morgan fingerprint density at radius 3 is 2.25 bits per heavy atom. The van der Waals surface area contributed by atoms with Crippen molar-refractivity contribution in [2.45, 2.75) is 45.7 Å². The van der Waals surface area contributed by atoms with Crippen LogP contribution in [0, 0.1) is 5.92 Å². The van der Waals surface area contributed by atoms with Crippen LogP contribution in [0.2, 0.25) is 0 Å². The van der Waals surface area contributed by atoms with E-state index in [1.165, 1.54) is 24.0 Å². The zero-order valence-corrected chi connectivity index (χ0v) is 12.7. The first-order chi connectivity index (χ1) is 9.76. The molecule has 2 aromatic rings. The van der Waals surface area contributed by atoms with Crippen LogP contribution in [0.15, 0.2) is 53.3 Å². The van der Waals surface area contributed by atoms with E-state index >= 15 is 0 Å². The summed E-state index contributed by atoms with van der Waals surface area (Å²) < 4.78 is 5.20. The monoisotopic (exact) mass is 271 g/mol. The van der Waals surface area contributed by atoms with E-state index in [0.717, 1.165) is 0 Å². The molecule has 2 unspecified atom stereocenters. The average Bonchev–Trinajstić information content (AvgIpc) is 3.02. The van der Waals surface area contributed by atoms with Crippen molar-refractivity contribution in [1.29, 1.82) is 0 Å². The Hall–Kier alpha value is -1.54. The molecule has 0 saturated heterocycles. The summed E-state index contributed by atoms with van der Waals surface area (Å²) in [5, 5.41) is 3.78. The molecule has 2 nitrogen and oxygen atoms in total. The first-order valence-corrected chi connectivity index (χ1v) is 7.59. The molecule has 0 spiro atoms. The molecule has 0 bridgehead atoms. The highest BCUT2D eigenvalue weighted by molar-refractivity contribution is 5.21. The maximum absolute atomic E-state index is 5.20. The van der Waals surface area contributed by atoms with E-state index < -0.39 is 0 Å². The Morgan fingerprint density at radius 2 is 1.70 bits per heavy atom. The molecular formula is C18H25NO. The molecule has 0 radical (unpaired) electrons. The lowest BCUT2D eigenvalue weighted by Crippen LogP contribution is -2.30. The van der Waals surface area contributed by atoms with E-state index in [4.69, 9.17) is 4.42 Å². The number of hydrogen-bond acceptors (Lipinski definition) is 2. The first-order valence-electron chi connectivity index (χ1n) is 7.59. The zero-order valence-electron chi connectivity index (χ0n) is 12.7. The fraction of sp³-hybridized carbons (Fsp3) is 0.444. The number of hydrogen-bond donors (Lipinski definition) is 1. The normalized spacial score (nSPS) is 14.4. The van der Waals surface area contributed by atoms with E-state index in [1.807, 2.05) is 12.3 Å². The third-order valence-corrected chi connectivity index (χ3v) is 4.15. The summed E-state index contributed by atoms with van der Waals surface area (Å²) in [5.74, 6) is 0.645. The zero-order chi connectivity index (χ0) is 14.4. The van der Waals surface area contributed by atoms with E-state index in [9.17, 15) is 0 Å². The predicted octanol–water partition coefficient (Wildman–Crippen LogP) is 5.11. The Kier molecular flexibility index (Phi) is 5.42. The average molecular weight is 271 g/mol. The van der Waals surface area contributed by atoms with Gasteiger partial charge in [-0.3, -0.25) is 0 Å². The van der Waals surface area contributed by atoms with E-state index in [0.29, 0.717) is 18.0 Å². The van der Waals surface area contributed by atoms with Crippen LogP contribution < -0.4 is 5.32 Å². The fourth-order valence-electron chi connectivity index (χ4n) is 2.81. The van der Waals surface area contributed by atoms with Gasteiger partial charge in [-0.15, -0.1) is 0 Å². The quantitative estimate of drug-likeness (QED) is 0.757. The molecule has 0 fully saturated rings. The molecule has 108 valence electrons. The topological polar surface area (TPSA) is 25.2 Å². The second-order valence-electron chi connectivity index (χ2n) is 5.41. The summed E-state index contributed by atoms with van der Waals surface area (Å²) in [4.78, 5) is 0. The standard InChI is InChI=1S/C18H25NO/c1-4-15(5-2)18(16-9-7-6-8-10-16)19-14(3)17-11-12-20-13-17/h6-15,18-19H,4-5H2,1-3H3. The summed E-state index contributed by atoms with van der Waals surface area (Å²) in [6, 6.07) is 13.5. The minimum Gasteiger partial charge on any atom is -0.472 e. The van der Waals surface area contributed by atoms with Gasteiger partial charge in [-0.05, 0) is 24.5 Å². The molecule has 0 saturated carbocycles. The number of rotatable bonds is 7. The summed E-state index contributed by atoms with van der Waals surface area (Å²) in [7, 11) is 0. The molecule has 1 N–H and O–H groups in total. The minimum absolute atomic E-state index is 0.291. The van der Waals surface area contributed by atoms with Gasteiger partial charge in [-0.25, -0.2) is 0 Å². The maximum Gasteiger partial charge on any atom is 0.0950 e. The van der Waals surface area contributed by atoms with Gasteiger partial charge < -0.3 is 9.73 Å². The molecule has 0 aliphatic carbocycles. The van der Waals surface area contributed by atoms with Gasteiger partial charge in [0.1, 0.15) is 0 Å². The van der Waals surface area contributed by atoms with Crippen molar-refractivity contribution < 1.29 is 4.42 Å². The summed E-state index contributed by atoms with van der Waals surface area (Å²) in [5.41, 5.74) is 2.58.